The van der Waals surface area contributed by atoms with Crippen molar-refractivity contribution in [1.29, 1.82) is 0 Å². The average Bonchev–Trinajstić information content (AvgIpc) is 3.40. The molecule has 0 saturated heterocycles. The minimum Gasteiger partial charge on any atom is -0.441 e. The molecule has 0 amide bonds. The number of benzene rings is 2. The highest BCUT2D eigenvalue weighted by Crippen LogP contribution is 2.30. The van der Waals surface area contributed by atoms with Crippen molar-refractivity contribution in [2.24, 2.45) is 7.05 Å². The highest BCUT2D eigenvalue weighted by Gasteiger charge is 2.16. The summed E-state index contributed by atoms with van der Waals surface area (Å²) >= 11 is 0. The third-order valence-electron chi connectivity index (χ3n) is 5.84. The lowest BCUT2D eigenvalue weighted by Gasteiger charge is -2.07. The van der Waals surface area contributed by atoms with Crippen LogP contribution in [0.1, 0.15) is 5.56 Å². The number of ether oxygens (including phenoxy) is 1. The Morgan fingerprint density at radius 1 is 0.970 bits per heavy atom. The Morgan fingerprint density at radius 2 is 1.85 bits per heavy atom. The molecule has 0 aliphatic carbocycles. The lowest BCUT2D eigenvalue weighted by atomic mass is 10.1. The molecule has 162 valence electrons. The maximum Gasteiger partial charge on any atom is 0.291 e. The first-order chi connectivity index (χ1) is 16.1. The molecule has 4 heterocycles. The van der Waals surface area contributed by atoms with Gasteiger partial charge in [0, 0.05) is 35.3 Å². The van der Waals surface area contributed by atoms with Gasteiger partial charge in [0.25, 0.3) is 11.1 Å². The van der Waals surface area contributed by atoms with Gasteiger partial charge in [0.05, 0.1) is 30.0 Å². The van der Waals surface area contributed by atoms with Gasteiger partial charge in [-0.15, -0.1) is 0 Å². The van der Waals surface area contributed by atoms with Gasteiger partial charge in [-0.05, 0) is 29.8 Å². The monoisotopic (exact) mass is 438 g/mol. The molecule has 0 bridgehead atoms. The van der Waals surface area contributed by atoms with E-state index in [0.717, 1.165) is 32.8 Å². The van der Waals surface area contributed by atoms with Gasteiger partial charge in [0.1, 0.15) is 11.3 Å². The third-order valence-corrected chi connectivity index (χ3v) is 5.84. The van der Waals surface area contributed by atoms with Crippen LogP contribution in [-0.4, -0.2) is 29.5 Å². The first-order valence-corrected chi connectivity index (χ1v) is 10.3. The van der Waals surface area contributed by atoms with Crippen molar-refractivity contribution in [2.45, 2.75) is 6.54 Å². The summed E-state index contributed by atoms with van der Waals surface area (Å²) in [5, 5.41) is 14.1. The second-order valence-electron chi connectivity index (χ2n) is 7.84. The summed E-state index contributed by atoms with van der Waals surface area (Å²) in [6.07, 6.45) is 3.48. The standard InChI is InChI=1S/C24H18N6O3/c1-29-20-10-15(33-22-7-3-6-21(31)27-22)8-9-16(20)18-12-26-30(24(32)23(18)29)13-14-4-2-5-19-17(14)11-25-28-19/h2-12H,13H2,1H3,(H,25,28)(H,27,31). The molecule has 0 spiro atoms. The number of aryl methyl sites for hydroxylation is 1. The molecular weight excluding hydrogens is 420 g/mol. The Labute approximate surface area is 185 Å². The first-order valence-electron chi connectivity index (χ1n) is 10.3. The predicted molar refractivity (Wildman–Crippen MR) is 125 cm³/mol. The molecule has 0 aliphatic rings. The van der Waals surface area contributed by atoms with E-state index in [-0.39, 0.29) is 11.1 Å². The van der Waals surface area contributed by atoms with Gasteiger partial charge in [-0.2, -0.15) is 10.2 Å². The Bertz CT molecular complexity index is 1790. The summed E-state index contributed by atoms with van der Waals surface area (Å²) in [5.41, 5.74) is 2.84. The Morgan fingerprint density at radius 3 is 2.73 bits per heavy atom. The predicted octanol–water partition coefficient (Wildman–Crippen LogP) is 3.29. The maximum atomic E-state index is 13.4. The minimum absolute atomic E-state index is 0.179. The number of pyridine rings is 1. The molecule has 0 saturated carbocycles. The highest BCUT2D eigenvalue weighted by atomic mass is 16.5. The van der Waals surface area contributed by atoms with E-state index in [1.165, 1.54) is 10.7 Å². The van der Waals surface area contributed by atoms with Gasteiger partial charge in [-0.25, -0.2) is 4.68 Å². The summed E-state index contributed by atoms with van der Waals surface area (Å²) in [6.45, 7) is 0.336. The van der Waals surface area contributed by atoms with Crippen LogP contribution in [0.2, 0.25) is 0 Å². The fourth-order valence-electron chi connectivity index (χ4n) is 4.26. The van der Waals surface area contributed by atoms with E-state index in [1.54, 1.807) is 30.6 Å². The molecule has 0 unspecified atom stereocenters. The number of nitrogens with one attached hydrogen (secondary N) is 2. The summed E-state index contributed by atoms with van der Waals surface area (Å²) in [5.74, 6) is 0.897. The van der Waals surface area contributed by atoms with Gasteiger partial charge in [-0.1, -0.05) is 18.2 Å². The number of hydrogen-bond acceptors (Lipinski definition) is 5. The molecule has 33 heavy (non-hydrogen) atoms. The second kappa shape index (κ2) is 7.20. The molecule has 6 aromatic rings. The number of fused-ring (bicyclic) bond motifs is 4. The van der Waals surface area contributed by atoms with Gasteiger partial charge in [-0.3, -0.25) is 19.7 Å². The van der Waals surface area contributed by atoms with Crippen molar-refractivity contribution in [3.05, 3.63) is 93.3 Å². The van der Waals surface area contributed by atoms with Gasteiger partial charge >= 0.3 is 0 Å². The van der Waals surface area contributed by atoms with Crippen LogP contribution in [0, 0.1) is 0 Å². The van der Waals surface area contributed by atoms with Crippen LogP contribution in [0.3, 0.4) is 0 Å². The van der Waals surface area contributed by atoms with Crippen molar-refractivity contribution >= 4 is 32.7 Å². The normalized spacial score (nSPS) is 11.5. The van der Waals surface area contributed by atoms with E-state index in [9.17, 15) is 9.59 Å². The molecule has 6 rings (SSSR count). The van der Waals surface area contributed by atoms with Gasteiger partial charge < -0.3 is 9.30 Å². The quantitative estimate of drug-likeness (QED) is 0.439. The first kappa shape index (κ1) is 19.1. The van der Waals surface area contributed by atoms with Crippen LogP contribution in [0.5, 0.6) is 11.6 Å². The second-order valence-corrected chi connectivity index (χ2v) is 7.84. The van der Waals surface area contributed by atoms with Crippen LogP contribution in [0.25, 0.3) is 32.7 Å². The van der Waals surface area contributed by atoms with Crippen molar-refractivity contribution < 1.29 is 4.74 Å². The fraction of sp³-hybridized carbons (Fsp3) is 0.0833. The Balaban J connectivity index is 1.45. The lowest BCUT2D eigenvalue weighted by molar-refractivity contribution is 0.462. The zero-order valence-electron chi connectivity index (χ0n) is 17.6. The van der Waals surface area contributed by atoms with Crippen molar-refractivity contribution in [2.75, 3.05) is 0 Å². The smallest absolute Gasteiger partial charge is 0.291 e. The van der Waals surface area contributed by atoms with Crippen molar-refractivity contribution in [3.63, 3.8) is 0 Å². The largest absolute Gasteiger partial charge is 0.441 e. The van der Waals surface area contributed by atoms with E-state index in [1.807, 2.05) is 41.9 Å². The average molecular weight is 438 g/mol. The van der Waals surface area contributed by atoms with Crippen molar-refractivity contribution in [3.8, 4) is 11.6 Å². The topological polar surface area (TPSA) is 111 Å². The molecule has 0 fully saturated rings. The number of aromatic nitrogens is 6. The van der Waals surface area contributed by atoms with Gasteiger partial charge in [0.2, 0.25) is 0 Å². The number of hydrogen-bond donors (Lipinski definition) is 2. The van der Waals surface area contributed by atoms with E-state index in [4.69, 9.17) is 4.74 Å². The number of H-pyrrole nitrogens is 2. The molecule has 2 N–H and O–H groups in total. The van der Waals surface area contributed by atoms with Gasteiger partial charge in [0.15, 0.2) is 5.88 Å². The molecular formula is C24H18N6O3. The Hall–Kier alpha value is -4.66. The highest BCUT2D eigenvalue weighted by molar-refractivity contribution is 6.07. The molecule has 2 aromatic carbocycles. The van der Waals surface area contributed by atoms with Crippen LogP contribution >= 0.6 is 0 Å². The zero-order chi connectivity index (χ0) is 22.5. The molecule has 0 radical (unpaired) electrons. The molecule has 4 aromatic heterocycles. The Kier molecular flexibility index (Phi) is 4.16. The summed E-state index contributed by atoms with van der Waals surface area (Å²) in [7, 11) is 1.85. The summed E-state index contributed by atoms with van der Waals surface area (Å²) < 4.78 is 9.13. The minimum atomic E-state index is -0.240. The van der Waals surface area contributed by atoms with E-state index < -0.39 is 0 Å². The third kappa shape index (κ3) is 3.09. The molecule has 0 aliphatic heterocycles. The van der Waals surface area contributed by atoms with Crippen LogP contribution in [0.15, 0.2) is 76.6 Å². The summed E-state index contributed by atoms with van der Waals surface area (Å²) in [6, 6.07) is 16.1. The fourth-order valence-corrected chi connectivity index (χ4v) is 4.26. The lowest BCUT2D eigenvalue weighted by Crippen LogP contribution is -2.24. The number of aromatic amines is 2. The molecule has 9 heteroatoms. The van der Waals surface area contributed by atoms with Crippen LogP contribution in [0.4, 0.5) is 0 Å². The number of rotatable bonds is 4. The van der Waals surface area contributed by atoms with Crippen LogP contribution < -0.4 is 15.9 Å². The summed E-state index contributed by atoms with van der Waals surface area (Å²) in [4.78, 5) is 27.6. The maximum absolute atomic E-state index is 13.4. The van der Waals surface area contributed by atoms with Crippen molar-refractivity contribution in [1.82, 2.24) is 29.5 Å². The van der Waals surface area contributed by atoms with E-state index in [0.29, 0.717) is 23.7 Å². The molecule has 9 nitrogen and oxygen atoms in total. The zero-order valence-corrected chi connectivity index (χ0v) is 17.6. The van der Waals surface area contributed by atoms with E-state index >= 15 is 0 Å². The molecule has 0 atom stereocenters. The van der Waals surface area contributed by atoms with E-state index in [2.05, 4.69) is 20.3 Å². The SMILES string of the molecule is Cn1c2cc(Oc3cccc(=O)[nH]3)ccc2c2cnn(Cc3cccc4[nH]ncc34)c(=O)c21. The van der Waals surface area contributed by atoms with Crippen LogP contribution in [-0.2, 0) is 13.6 Å². The number of nitrogens with zero attached hydrogens (tertiary/aromatic N) is 4.